The van der Waals surface area contributed by atoms with Gasteiger partial charge < -0.3 is 4.98 Å². The number of aryl methyl sites for hydroxylation is 1. The molecule has 0 aliphatic heterocycles. The number of thioether (sulfide) groups is 1. The fourth-order valence-electron chi connectivity index (χ4n) is 1.69. The third-order valence-electron chi connectivity index (χ3n) is 2.63. The van der Waals surface area contributed by atoms with Gasteiger partial charge in [-0.2, -0.15) is 13.2 Å². The van der Waals surface area contributed by atoms with Crippen LogP contribution in [0.15, 0.2) is 34.0 Å². The van der Waals surface area contributed by atoms with Gasteiger partial charge in [-0.1, -0.05) is 19.1 Å². The molecule has 0 fully saturated rings. The molecule has 0 radical (unpaired) electrons. The lowest BCUT2D eigenvalue weighted by atomic mass is 10.2. The van der Waals surface area contributed by atoms with E-state index in [2.05, 4.69) is 9.97 Å². The van der Waals surface area contributed by atoms with E-state index in [4.69, 9.17) is 0 Å². The summed E-state index contributed by atoms with van der Waals surface area (Å²) in [6, 6.07) is 5.74. The Balaban J connectivity index is 2.35. The third-order valence-corrected chi connectivity index (χ3v) is 4.48. The Hall–Kier alpha value is -1.03. The van der Waals surface area contributed by atoms with E-state index < -0.39 is 5.51 Å². The first-order chi connectivity index (χ1) is 9.80. The number of halogens is 4. The molecule has 3 nitrogen and oxygen atoms in total. The minimum absolute atomic E-state index is 0.0924. The summed E-state index contributed by atoms with van der Waals surface area (Å²) in [4.78, 5) is 18.8. The molecule has 1 aromatic heterocycles. The van der Waals surface area contributed by atoms with Crippen molar-refractivity contribution in [1.82, 2.24) is 9.97 Å². The van der Waals surface area contributed by atoms with E-state index >= 15 is 0 Å². The Morgan fingerprint density at radius 2 is 1.90 bits per heavy atom. The zero-order chi connectivity index (χ0) is 15.6. The number of benzene rings is 1. The highest BCUT2D eigenvalue weighted by Gasteiger charge is 2.29. The minimum Gasteiger partial charge on any atom is -0.306 e. The molecule has 0 saturated heterocycles. The van der Waals surface area contributed by atoms with Crippen LogP contribution in [0.4, 0.5) is 13.2 Å². The van der Waals surface area contributed by atoms with E-state index in [1.54, 1.807) is 0 Å². The lowest BCUT2D eigenvalue weighted by molar-refractivity contribution is -0.0328. The molecule has 0 saturated carbocycles. The normalized spacial score (nSPS) is 11.7. The first kappa shape index (κ1) is 16.3. The second kappa shape index (κ2) is 6.39. The quantitative estimate of drug-likeness (QED) is 0.591. The number of H-pyrrole nitrogens is 1. The maximum atomic E-state index is 12.3. The second-order valence-electron chi connectivity index (χ2n) is 4.10. The van der Waals surface area contributed by atoms with Crippen molar-refractivity contribution in [2.24, 2.45) is 0 Å². The number of rotatable bonds is 3. The Labute approximate surface area is 136 Å². The molecule has 1 N–H and O–H groups in total. The molecular weight excluding hydrogens is 416 g/mol. The molecule has 0 unspecified atom stereocenters. The van der Waals surface area contributed by atoms with Crippen LogP contribution in [0, 0.1) is 3.57 Å². The smallest absolute Gasteiger partial charge is 0.306 e. The number of alkyl halides is 3. The van der Waals surface area contributed by atoms with Crippen LogP contribution in [0.5, 0.6) is 0 Å². The second-order valence-corrected chi connectivity index (χ2v) is 6.32. The molecule has 0 aliphatic carbocycles. The standard InChI is InChI=1S/C13H10F3IN2OS/c1-2-9-10(17)12(20)19-11(18-9)7-3-5-8(6-4-7)21-13(14,15)16/h3-6H,2H2,1H3,(H,18,19,20). The SMILES string of the molecule is CCc1nc(-c2ccc(SC(F)(F)F)cc2)[nH]c(=O)c1I. The Bertz CT molecular complexity index is 698. The van der Waals surface area contributed by atoms with E-state index in [9.17, 15) is 18.0 Å². The number of aromatic amines is 1. The van der Waals surface area contributed by atoms with E-state index in [1.807, 2.05) is 29.5 Å². The van der Waals surface area contributed by atoms with Gasteiger partial charge in [-0.15, -0.1) is 0 Å². The molecule has 0 bridgehead atoms. The van der Waals surface area contributed by atoms with Crippen LogP contribution in [-0.4, -0.2) is 15.5 Å². The number of nitrogens with one attached hydrogen (secondary N) is 1. The average molecular weight is 426 g/mol. The van der Waals surface area contributed by atoms with Crippen molar-refractivity contribution >= 4 is 34.4 Å². The summed E-state index contributed by atoms with van der Waals surface area (Å²) in [5, 5.41) is 0. The van der Waals surface area contributed by atoms with Crippen molar-refractivity contribution in [2.75, 3.05) is 0 Å². The van der Waals surface area contributed by atoms with Crippen LogP contribution < -0.4 is 5.56 Å². The summed E-state index contributed by atoms with van der Waals surface area (Å²) in [7, 11) is 0. The van der Waals surface area contributed by atoms with E-state index in [-0.39, 0.29) is 22.2 Å². The zero-order valence-corrected chi connectivity index (χ0v) is 13.8. The molecule has 0 amide bonds. The third kappa shape index (κ3) is 4.22. The molecule has 0 aliphatic rings. The van der Waals surface area contributed by atoms with Gasteiger partial charge in [0.25, 0.3) is 5.56 Å². The maximum absolute atomic E-state index is 12.3. The molecule has 0 spiro atoms. The van der Waals surface area contributed by atoms with Crippen LogP contribution in [-0.2, 0) is 6.42 Å². The van der Waals surface area contributed by atoms with Crippen LogP contribution in [0.1, 0.15) is 12.6 Å². The highest BCUT2D eigenvalue weighted by atomic mass is 127. The van der Waals surface area contributed by atoms with E-state index in [0.717, 1.165) is 0 Å². The van der Waals surface area contributed by atoms with Crippen LogP contribution in [0.2, 0.25) is 0 Å². The monoisotopic (exact) mass is 426 g/mol. The van der Waals surface area contributed by atoms with Gasteiger partial charge in [0, 0.05) is 10.5 Å². The topological polar surface area (TPSA) is 45.8 Å². The Kier molecular flexibility index (Phi) is 4.97. The van der Waals surface area contributed by atoms with Crippen molar-refractivity contribution in [2.45, 2.75) is 23.7 Å². The fourth-order valence-corrected chi connectivity index (χ4v) is 2.87. The lowest BCUT2D eigenvalue weighted by Crippen LogP contribution is -2.15. The molecule has 1 aromatic carbocycles. The molecule has 8 heteroatoms. The highest BCUT2D eigenvalue weighted by molar-refractivity contribution is 14.1. The first-order valence-corrected chi connectivity index (χ1v) is 7.84. The summed E-state index contributed by atoms with van der Waals surface area (Å²) >= 11 is 1.75. The maximum Gasteiger partial charge on any atom is 0.446 e. The van der Waals surface area contributed by atoms with Gasteiger partial charge in [-0.25, -0.2) is 4.98 Å². The van der Waals surface area contributed by atoms with Crippen molar-refractivity contribution in [3.63, 3.8) is 0 Å². The van der Waals surface area contributed by atoms with Crippen molar-refractivity contribution in [1.29, 1.82) is 0 Å². The summed E-state index contributed by atoms with van der Waals surface area (Å²) < 4.78 is 37.3. The van der Waals surface area contributed by atoms with Crippen LogP contribution >= 0.6 is 34.4 Å². The van der Waals surface area contributed by atoms with Gasteiger partial charge in [0.1, 0.15) is 5.82 Å². The van der Waals surface area contributed by atoms with Crippen molar-refractivity contribution in [3.8, 4) is 11.4 Å². The summed E-state index contributed by atoms with van der Waals surface area (Å²) in [5.41, 5.74) is -3.31. The summed E-state index contributed by atoms with van der Waals surface area (Å²) in [5.74, 6) is 0.362. The molecule has 2 aromatic rings. The molecule has 112 valence electrons. The molecule has 0 atom stereocenters. The zero-order valence-electron chi connectivity index (χ0n) is 10.8. The molecular formula is C13H10F3IN2OS. The minimum atomic E-state index is -4.31. The van der Waals surface area contributed by atoms with E-state index in [1.165, 1.54) is 24.3 Å². The predicted molar refractivity (Wildman–Crippen MR) is 84.3 cm³/mol. The van der Waals surface area contributed by atoms with Gasteiger partial charge in [0.15, 0.2) is 0 Å². The molecule has 21 heavy (non-hydrogen) atoms. The summed E-state index contributed by atoms with van der Waals surface area (Å²) in [6.07, 6.45) is 0.608. The predicted octanol–water partition coefficient (Wildman–Crippen LogP) is 4.22. The largest absolute Gasteiger partial charge is 0.446 e. The van der Waals surface area contributed by atoms with Crippen LogP contribution in [0.3, 0.4) is 0 Å². The number of aromatic nitrogens is 2. The molecule has 2 rings (SSSR count). The number of hydrogen-bond acceptors (Lipinski definition) is 3. The average Bonchev–Trinajstić information content (AvgIpc) is 2.41. The Morgan fingerprint density at radius 3 is 2.43 bits per heavy atom. The fraction of sp³-hybridized carbons (Fsp3) is 0.231. The number of nitrogens with zero attached hydrogens (tertiary/aromatic N) is 1. The van der Waals surface area contributed by atoms with Crippen molar-refractivity contribution in [3.05, 3.63) is 43.9 Å². The lowest BCUT2D eigenvalue weighted by Gasteiger charge is -2.07. The highest BCUT2D eigenvalue weighted by Crippen LogP contribution is 2.37. The van der Waals surface area contributed by atoms with Gasteiger partial charge in [-0.3, -0.25) is 4.79 Å². The number of hydrogen-bond donors (Lipinski definition) is 1. The molecule has 1 heterocycles. The van der Waals surface area contributed by atoms with Crippen molar-refractivity contribution < 1.29 is 13.2 Å². The van der Waals surface area contributed by atoms with Gasteiger partial charge in [0.05, 0.1) is 9.26 Å². The summed E-state index contributed by atoms with van der Waals surface area (Å²) in [6.45, 7) is 1.89. The van der Waals surface area contributed by atoms with Gasteiger partial charge >= 0.3 is 5.51 Å². The van der Waals surface area contributed by atoms with Gasteiger partial charge in [0.2, 0.25) is 0 Å². The van der Waals surface area contributed by atoms with Crippen LogP contribution in [0.25, 0.3) is 11.4 Å². The Morgan fingerprint density at radius 1 is 1.29 bits per heavy atom. The first-order valence-electron chi connectivity index (χ1n) is 5.95. The van der Waals surface area contributed by atoms with Gasteiger partial charge in [-0.05, 0) is 52.9 Å². The van der Waals surface area contributed by atoms with E-state index in [0.29, 0.717) is 27.1 Å².